The fraction of sp³-hybridized carbons (Fsp3) is 0.222. The van der Waals surface area contributed by atoms with Crippen LogP contribution in [0.4, 0.5) is 4.39 Å². The maximum Gasteiger partial charge on any atom is 0.242 e. The van der Waals surface area contributed by atoms with Crippen LogP contribution >= 0.6 is 15.9 Å². The summed E-state index contributed by atoms with van der Waals surface area (Å²) in [6.07, 6.45) is 1.23. The van der Waals surface area contributed by atoms with E-state index in [1.54, 1.807) is 26.8 Å². The van der Waals surface area contributed by atoms with Crippen LogP contribution in [0.1, 0.15) is 26.3 Å². The molecule has 0 bridgehead atoms. The largest absolute Gasteiger partial charge is 0.352 e. The third-order valence-electron chi connectivity index (χ3n) is 3.69. The van der Waals surface area contributed by atoms with Crippen molar-refractivity contribution >= 4 is 36.9 Å². The molecule has 0 atom stereocenters. The van der Waals surface area contributed by atoms with Gasteiger partial charge in [0.25, 0.3) is 0 Å². The Hall–Kier alpha value is -2.28. The summed E-state index contributed by atoms with van der Waals surface area (Å²) in [5.74, 6) is -0.479. The highest BCUT2D eigenvalue weighted by Crippen LogP contribution is 2.32. The monoisotopic (exact) mass is 450 g/mol. The number of rotatable bonds is 3. The van der Waals surface area contributed by atoms with Crippen LogP contribution in [0.3, 0.4) is 0 Å². The van der Waals surface area contributed by atoms with Crippen LogP contribution < -0.4 is 4.72 Å². The van der Waals surface area contributed by atoms with E-state index in [1.165, 1.54) is 24.4 Å². The Morgan fingerprint density at radius 3 is 2.56 bits per heavy atom. The number of sulfonamides is 1. The Labute approximate surface area is 164 Å². The molecule has 0 unspecified atom stereocenters. The highest BCUT2D eigenvalue weighted by Gasteiger charge is 2.23. The number of aromatic nitrogens is 2. The molecule has 3 rings (SSSR count). The molecule has 2 heterocycles. The van der Waals surface area contributed by atoms with Gasteiger partial charge in [-0.05, 0) is 61.0 Å². The Kier molecular flexibility index (Phi) is 4.84. The highest BCUT2D eigenvalue weighted by molar-refractivity contribution is 9.10. The van der Waals surface area contributed by atoms with E-state index in [0.29, 0.717) is 22.3 Å². The average molecular weight is 451 g/mol. The normalized spacial score (nSPS) is 12.3. The molecule has 9 heteroatoms. The molecule has 2 aromatic heterocycles. The summed E-state index contributed by atoms with van der Waals surface area (Å²) in [7, 11) is -3.71. The molecule has 0 aliphatic rings. The number of fused-ring (bicyclic) bond motifs is 1. The summed E-state index contributed by atoms with van der Waals surface area (Å²) < 4.78 is 41.4. The van der Waals surface area contributed by atoms with E-state index < -0.39 is 21.4 Å². The van der Waals surface area contributed by atoms with Gasteiger partial charge in [0.1, 0.15) is 16.8 Å². The van der Waals surface area contributed by atoms with Gasteiger partial charge in [0.2, 0.25) is 10.0 Å². The first-order valence-electron chi connectivity index (χ1n) is 7.93. The zero-order valence-corrected chi connectivity index (χ0v) is 17.2. The molecular formula is C18H16BrFN4O2S. The lowest BCUT2D eigenvalue weighted by atomic mass is 10.1. The lowest BCUT2D eigenvalue weighted by Gasteiger charge is -2.20. The van der Waals surface area contributed by atoms with Gasteiger partial charge in [-0.3, -0.25) is 4.98 Å². The molecule has 27 heavy (non-hydrogen) atoms. The van der Waals surface area contributed by atoms with E-state index >= 15 is 0 Å². The summed E-state index contributed by atoms with van der Waals surface area (Å²) in [5, 5.41) is 9.93. The summed E-state index contributed by atoms with van der Waals surface area (Å²) in [6.45, 7) is 5.23. The van der Waals surface area contributed by atoms with Crippen LogP contribution in [0.5, 0.6) is 0 Å². The first kappa shape index (κ1) is 19.5. The Balaban J connectivity index is 2.07. The summed E-state index contributed by atoms with van der Waals surface area (Å²) >= 11 is 3.12. The SMILES string of the molecule is CC(C)(C)NS(=O)(=O)c1ccc(-c2[nH]c3cc(Br)c(F)cc3c2C#N)nc1. The smallest absolute Gasteiger partial charge is 0.242 e. The first-order chi connectivity index (χ1) is 12.5. The van der Waals surface area contributed by atoms with Gasteiger partial charge < -0.3 is 4.98 Å². The molecule has 6 nitrogen and oxygen atoms in total. The van der Waals surface area contributed by atoms with Gasteiger partial charge in [-0.2, -0.15) is 5.26 Å². The van der Waals surface area contributed by atoms with E-state index in [0.717, 1.165) is 0 Å². The number of halogens is 2. The topological polar surface area (TPSA) is 98.6 Å². The van der Waals surface area contributed by atoms with Crippen molar-refractivity contribution < 1.29 is 12.8 Å². The predicted octanol–water partition coefficient (Wildman–Crippen LogP) is 4.08. The molecule has 0 saturated heterocycles. The summed E-state index contributed by atoms with van der Waals surface area (Å²) in [4.78, 5) is 7.25. The van der Waals surface area contributed by atoms with Gasteiger partial charge in [-0.25, -0.2) is 17.5 Å². The van der Waals surface area contributed by atoms with Gasteiger partial charge in [-0.1, -0.05) is 0 Å². The number of aromatic amines is 1. The number of hydrogen-bond donors (Lipinski definition) is 2. The molecule has 3 aromatic rings. The van der Waals surface area contributed by atoms with Crippen molar-refractivity contribution in [2.45, 2.75) is 31.2 Å². The van der Waals surface area contributed by atoms with Crippen molar-refractivity contribution in [1.29, 1.82) is 5.26 Å². The fourth-order valence-corrected chi connectivity index (χ4v) is 4.35. The minimum atomic E-state index is -3.71. The Morgan fingerprint density at radius 1 is 1.30 bits per heavy atom. The number of nitrogens with one attached hydrogen (secondary N) is 2. The number of pyridine rings is 1. The quantitative estimate of drug-likeness (QED) is 0.627. The number of hydrogen-bond acceptors (Lipinski definition) is 4. The minimum Gasteiger partial charge on any atom is -0.352 e. The zero-order valence-electron chi connectivity index (χ0n) is 14.8. The number of benzene rings is 1. The minimum absolute atomic E-state index is 0.0181. The molecule has 0 radical (unpaired) electrons. The molecule has 0 saturated carbocycles. The molecular weight excluding hydrogens is 435 g/mol. The lowest BCUT2D eigenvalue weighted by molar-refractivity contribution is 0.491. The average Bonchev–Trinajstić information content (AvgIpc) is 2.90. The zero-order chi connectivity index (χ0) is 20.0. The van der Waals surface area contributed by atoms with Crippen molar-refractivity contribution in [3.05, 3.63) is 46.3 Å². The van der Waals surface area contributed by atoms with Crippen molar-refractivity contribution in [1.82, 2.24) is 14.7 Å². The predicted molar refractivity (Wildman–Crippen MR) is 104 cm³/mol. The molecule has 140 valence electrons. The number of H-pyrrole nitrogens is 1. The van der Waals surface area contributed by atoms with Gasteiger partial charge in [0.15, 0.2) is 0 Å². The van der Waals surface area contributed by atoms with Crippen LogP contribution in [0.25, 0.3) is 22.3 Å². The Bertz CT molecular complexity index is 1170. The molecule has 1 aromatic carbocycles. The Morgan fingerprint density at radius 2 is 2.00 bits per heavy atom. The van der Waals surface area contributed by atoms with Crippen LogP contribution in [0.2, 0.25) is 0 Å². The standard InChI is InChI=1S/C18H16BrFN4O2S/c1-18(2,3)24-27(25,26)10-4-5-15(22-9-10)17-12(8-21)11-6-14(20)13(19)7-16(11)23-17/h4-7,9,23-24H,1-3H3. The van der Waals surface area contributed by atoms with Gasteiger partial charge >= 0.3 is 0 Å². The molecule has 0 fully saturated rings. The first-order valence-corrected chi connectivity index (χ1v) is 10.2. The molecule has 0 spiro atoms. The van der Waals surface area contributed by atoms with Crippen molar-refractivity contribution in [2.24, 2.45) is 0 Å². The van der Waals surface area contributed by atoms with E-state index in [4.69, 9.17) is 0 Å². The third kappa shape index (κ3) is 3.88. The number of nitrogens with zero attached hydrogens (tertiary/aromatic N) is 2. The number of nitriles is 1. The molecule has 0 aliphatic carbocycles. The van der Waals surface area contributed by atoms with Crippen LogP contribution in [0.15, 0.2) is 39.8 Å². The van der Waals surface area contributed by atoms with E-state index in [-0.39, 0.29) is 14.9 Å². The molecule has 2 N–H and O–H groups in total. The van der Waals surface area contributed by atoms with E-state index in [9.17, 15) is 18.1 Å². The lowest BCUT2D eigenvalue weighted by Crippen LogP contribution is -2.40. The second-order valence-corrected chi connectivity index (χ2v) is 9.57. The van der Waals surface area contributed by atoms with E-state index in [2.05, 4.69) is 36.7 Å². The van der Waals surface area contributed by atoms with E-state index in [1.807, 2.05) is 0 Å². The maximum absolute atomic E-state index is 13.8. The second-order valence-electron chi connectivity index (χ2n) is 7.03. The van der Waals surface area contributed by atoms with Crippen molar-refractivity contribution in [2.75, 3.05) is 0 Å². The van der Waals surface area contributed by atoms with Crippen LogP contribution in [0, 0.1) is 17.1 Å². The van der Waals surface area contributed by atoms with Gasteiger partial charge in [0, 0.05) is 22.6 Å². The van der Waals surface area contributed by atoms with Crippen molar-refractivity contribution in [3.63, 3.8) is 0 Å². The summed E-state index contributed by atoms with van der Waals surface area (Å²) in [5.41, 5.74) is 0.974. The van der Waals surface area contributed by atoms with Gasteiger partial charge in [0.05, 0.1) is 21.4 Å². The van der Waals surface area contributed by atoms with Gasteiger partial charge in [-0.15, -0.1) is 0 Å². The second kappa shape index (κ2) is 6.71. The highest BCUT2D eigenvalue weighted by atomic mass is 79.9. The third-order valence-corrected chi connectivity index (χ3v) is 6.05. The van der Waals surface area contributed by atoms with Crippen LogP contribution in [-0.4, -0.2) is 23.9 Å². The summed E-state index contributed by atoms with van der Waals surface area (Å²) in [6, 6.07) is 7.79. The van der Waals surface area contributed by atoms with Crippen LogP contribution in [-0.2, 0) is 10.0 Å². The van der Waals surface area contributed by atoms with Crippen molar-refractivity contribution in [3.8, 4) is 17.5 Å². The molecule has 0 aliphatic heterocycles. The maximum atomic E-state index is 13.8. The fourth-order valence-electron chi connectivity index (χ4n) is 2.65. The molecule has 0 amide bonds.